The van der Waals surface area contributed by atoms with Gasteiger partial charge in [-0.2, -0.15) is 0 Å². The summed E-state index contributed by atoms with van der Waals surface area (Å²) in [5, 5.41) is 0. The standard InChI is InChI=1S/C8H8N2O3S/c9-8(11)5-2-1-3-7-6(5)4-10-14(7,12)13/h1-3,10H,4H2,(H2,9,11). The fraction of sp³-hybridized carbons (Fsp3) is 0.125. The van der Waals surface area contributed by atoms with E-state index in [0.717, 1.165) is 0 Å². The maximum absolute atomic E-state index is 11.4. The molecule has 0 bridgehead atoms. The Morgan fingerprint density at radius 2 is 2.14 bits per heavy atom. The Bertz CT molecular complexity index is 507. The van der Waals surface area contributed by atoms with Crippen molar-refractivity contribution >= 4 is 15.9 Å². The van der Waals surface area contributed by atoms with Crippen molar-refractivity contribution in [3.8, 4) is 0 Å². The number of nitrogens with two attached hydrogens (primary N) is 1. The van der Waals surface area contributed by atoms with Gasteiger partial charge in [-0.05, 0) is 17.7 Å². The lowest BCUT2D eigenvalue weighted by atomic mass is 10.1. The summed E-state index contributed by atoms with van der Waals surface area (Å²) in [7, 11) is -3.42. The highest BCUT2D eigenvalue weighted by Gasteiger charge is 2.28. The number of hydrogen-bond acceptors (Lipinski definition) is 3. The molecule has 74 valence electrons. The molecule has 0 saturated carbocycles. The van der Waals surface area contributed by atoms with Gasteiger partial charge in [0.2, 0.25) is 15.9 Å². The van der Waals surface area contributed by atoms with Crippen LogP contribution in [-0.2, 0) is 16.6 Å². The van der Waals surface area contributed by atoms with Crippen LogP contribution in [0.2, 0.25) is 0 Å². The SMILES string of the molecule is NC(=O)c1cccc2c1CNS2(=O)=O. The average molecular weight is 212 g/mol. The largest absolute Gasteiger partial charge is 0.366 e. The van der Waals surface area contributed by atoms with Crippen LogP contribution >= 0.6 is 0 Å². The highest BCUT2D eigenvalue weighted by atomic mass is 32.2. The zero-order valence-electron chi connectivity index (χ0n) is 7.15. The second-order valence-corrected chi connectivity index (χ2v) is 4.71. The van der Waals surface area contributed by atoms with Gasteiger partial charge in [0.25, 0.3) is 0 Å². The molecule has 1 aliphatic heterocycles. The molecule has 3 N–H and O–H groups in total. The molecule has 0 unspecified atom stereocenters. The van der Waals surface area contributed by atoms with Gasteiger partial charge >= 0.3 is 0 Å². The summed E-state index contributed by atoms with van der Waals surface area (Å²) in [6.45, 7) is 0.136. The third-order valence-electron chi connectivity index (χ3n) is 2.13. The quantitative estimate of drug-likeness (QED) is 0.662. The van der Waals surface area contributed by atoms with Crippen LogP contribution < -0.4 is 10.5 Å². The van der Waals surface area contributed by atoms with Gasteiger partial charge in [-0.25, -0.2) is 13.1 Å². The molecule has 0 saturated heterocycles. The number of carbonyl (C=O) groups excluding carboxylic acids is 1. The fourth-order valence-electron chi connectivity index (χ4n) is 1.48. The normalized spacial score (nSPS) is 17.7. The number of fused-ring (bicyclic) bond motifs is 1. The Hall–Kier alpha value is -1.40. The van der Waals surface area contributed by atoms with Gasteiger partial charge in [0.1, 0.15) is 0 Å². The van der Waals surface area contributed by atoms with E-state index < -0.39 is 15.9 Å². The maximum Gasteiger partial charge on any atom is 0.249 e. The summed E-state index contributed by atoms with van der Waals surface area (Å²) in [6, 6.07) is 4.48. The summed E-state index contributed by atoms with van der Waals surface area (Å²) < 4.78 is 25.1. The summed E-state index contributed by atoms with van der Waals surface area (Å²) in [5.74, 6) is -0.610. The van der Waals surface area contributed by atoms with Crippen molar-refractivity contribution in [2.75, 3.05) is 0 Å². The Labute approximate surface area is 81.0 Å². The molecule has 5 nitrogen and oxygen atoms in total. The van der Waals surface area contributed by atoms with Crippen molar-refractivity contribution in [2.45, 2.75) is 11.4 Å². The van der Waals surface area contributed by atoms with Crippen LogP contribution in [0.3, 0.4) is 0 Å². The lowest BCUT2D eigenvalue weighted by Gasteiger charge is -2.01. The molecular weight excluding hydrogens is 204 g/mol. The molecule has 0 atom stereocenters. The number of benzene rings is 1. The van der Waals surface area contributed by atoms with Crippen LogP contribution in [0.15, 0.2) is 23.1 Å². The van der Waals surface area contributed by atoms with E-state index in [4.69, 9.17) is 5.73 Å². The lowest BCUT2D eigenvalue weighted by molar-refractivity contribution is 0.0999. The maximum atomic E-state index is 11.4. The van der Waals surface area contributed by atoms with Gasteiger partial charge in [0.05, 0.1) is 4.90 Å². The monoisotopic (exact) mass is 212 g/mol. The molecule has 14 heavy (non-hydrogen) atoms. The number of sulfonamides is 1. The van der Waals surface area contributed by atoms with Crippen LogP contribution in [0.5, 0.6) is 0 Å². The van der Waals surface area contributed by atoms with E-state index in [1.165, 1.54) is 18.2 Å². The van der Waals surface area contributed by atoms with E-state index in [1.54, 1.807) is 0 Å². The molecule has 0 spiro atoms. The number of amides is 1. The van der Waals surface area contributed by atoms with Crippen molar-refractivity contribution < 1.29 is 13.2 Å². The first-order valence-corrected chi connectivity index (χ1v) is 5.42. The van der Waals surface area contributed by atoms with E-state index in [9.17, 15) is 13.2 Å². The molecule has 0 radical (unpaired) electrons. The first-order chi connectivity index (χ1) is 6.52. The first-order valence-electron chi connectivity index (χ1n) is 3.94. The molecule has 0 aliphatic carbocycles. The van der Waals surface area contributed by atoms with Crippen LogP contribution in [0.25, 0.3) is 0 Å². The topological polar surface area (TPSA) is 89.3 Å². The van der Waals surface area contributed by atoms with Crippen LogP contribution in [0.4, 0.5) is 0 Å². The zero-order chi connectivity index (χ0) is 10.3. The number of rotatable bonds is 1. The Kier molecular flexibility index (Phi) is 1.83. The van der Waals surface area contributed by atoms with E-state index in [2.05, 4.69) is 4.72 Å². The predicted molar refractivity (Wildman–Crippen MR) is 49.0 cm³/mol. The minimum Gasteiger partial charge on any atom is -0.366 e. The van der Waals surface area contributed by atoms with Crippen molar-refractivity contribution in [3.63, 3.8) is 0 Å². The summed E-state index contributed by atoms with van der Waals surface area (Å²) in [4.78, 5) is 11.1. The Morgan fingerprint density at radius 1 is 1.43 bits per heavy atom. The number of primary amides is 1. The van der Waals surface area contributed by atoms with Crippen LogP contribution in [0.1, 0.15) is 15.9 Å². The van der Waals surface area contributed by atoms with Gasteiger partial charge in [0.15, 0.2) is 0 Å². The molecule has 1 heterocycles. The van der Waals surface area contributed by atoms with Gasteiger partial charge < -0.3 is 5.73 Å². The third kappa shape index (κ3) is 1.19. The molecule has 6 heteroatoms. The van der Waals surface area contributed by atoms with E-state index in [1.807, 2.05) is 0 Å². The van der Waals surface area contributed by atoms with Gasteiger partial charge in [-0.15, -0.1) is 0 Å². The van der Waals surface area contributed by atoms with Crippen molar-refractivity contribution in [1.29, 1.82) is 0 Å². The highest BCUT2D eigenvalue weighted by molar-refractivity contribution is 7.89. The number of nitrogens with one attached hydrogen (secondary N) is 1. The van der Waals surface area contributed by atoms with Crippen molar-refractivity contribution in [2.24, 2.45) is 5.73 Å². The minimum atomic E-state index is -3.42. The summed E-state index contributed by atoms with van der Waals surface area (Å²) in [5.41, 5.74) is 5.83. The minimum absolute atomic E-state index is 0.136. The van der Waals surface area contributed by atoms with Gasteiger partial charge in [-0.1, -0.05) is 6.07 Å². The van der Waals surface area contributed by atoms with Crippen molar-refractivity contribution in [3.05, 3.63) is 29.3 Å². The predicted octanol–water partition coefficient (Wildman–Crippen LogP) is -0.423. The number of hydrogen-bond donors (Lipinski definition) is 2. The van der Waals surface area contributed by atoms with Crippen LogP contribution in [0, 0.1) is 0 Å². The van der Waals surface area contributed by atoms with Gasteiger partial charge in [-0.3, -0.25) is 4.79 Å². The molecule has 1 aromatic rings. The Morgan fingerprint density at radius 3 is 2.79 bits per heavy atom. The van der Waals surface area contributed by atoms with E-state index >= 15 is 0 Å². The first kappa shape index (κ1) is 9.17. The molecular formula is C8H8N2O3S. The second kappa shape index (κ2) is 2.79. The summed E-state index contributed by atoms with van der Waals surface area (Å²) in [6.07, 6.45) is 0. The molecule has 1 aromatic carbocycles. The smallest absolute Gasteiger partial charge is 0.249 e. The van der Waals surface area contributed by atoms with E-state index in [0.29, 0.717) is 5.56 Å². The fourth-order valence-corrected chi connectivity index (χ4v) is 2.73. The van der Waals surface area contributed by atoms with Gasteiger partial charge in [0, 0.05) is 12.1 Å². The highest BCUT2D eigenvalue weighted by Crippen LogP contribution is 2.24. The second-order valence-electron chi connectivity index (χ2n) is 2.97. The van der Waals surface area contributed by atoms with Crippen LogP contribution in [-0.4, -0.2) is 14.3 Å². The molecule has 1 aliphatic rings. The molecule has 0 aromatic heterocycles. The number of carbonyl (C=O) groups is 1. The summed E-state index contributed by atoms with van der Waals surface area (Å²) >= 11 is 0. The van der Waals surface area contributed by atoms with E-state index in [-0.39, 0.29) is 17.0 Å². The Balaban J connectivity index is 2.74. The molecule has 1 amide bonds. The molecule has 2 rings (SSSR count). The average Bonchev–Trinajstić information content (AvgIpc) is 2.42. The third-order valence-corrected chi connectivity index (χ3v) is 3.61. The zero-order valence-corrected chi connectivity index (χ0v) is 7.97. The molecule has 0 fully saturated rings. The van der Waals surface area contributed by atoms with Crippen molar-refractivity contribution in [1.82, 2.24) is 4.72 Å². The lowest BCUT2D eigenvalue weighted by Crippen LogP contribution is -2.14.